The highest BCUT2D eigenvalue weighted by molar-refractivity contribution is 9.12. The first-order valence-corrected chi connectivity index (χ1v) is 19.4. The molecule has 0 unspecified atom stereocenters. The molecule has 0 aliphatic heterocycles. The van der Waals surface area contributed by atoms with Gasteiger partial charge in [-0.25, -0.2) is 16.8 Å². The van der Waals surface area contributed by atoms with Crippen molar-refractivity contribution in [1.29, 1.82) is 0 Å². The van der Waals surface area contributed by atoms with Gasteiger partial charge in [0.1, 0.15) is 0 Å². The summed E-state index contributed by atoms with van der Waals surface area (Å²) in [7, 11) is -6.18. The van der Waals surface area contributed by atoms with Crippen LogP contribution in [0, 0.1) is 13.8 Å². The van der Waals surface area contributed by atoms with Gasteiger partial charge >= 0.3 is 0 Å². The second-order valence-electron chi connectivity index (χ2n) is 9.14. The van der Waals surface area contributed by atoms with Gasteiger partial charge < -0.3 is 0 Å². The second-order valence-corrected chi connectivity index (χ2v) is 18.5. The number of sulfone groups is 2. The van der Waals surface area contributed by atoms with Crippen LogP contribution >= 0.6 is 54.5 Å². The van der Waals surface area contributed by atoms with E-state index in [0.29, 0.717) is 19.3 Å². The minimum absolute atomic E-state index is 0.251. The zero-order valence-electron chi connectivity index (χ0n) is 22.1. The first-order valence-electron chi connectivity index (χ1n) is 12.9. The highest BCUT2D eigenvalue weighted by atomic mass is 79.9. The molecule has 0 spiro atoms. The van der Waals surface area contributed by atoms with Crippen LogP contribution in [-0.4, -0.2) is 28.3 Å². The van der Waals surface area contributed by atoms with Crippen molar-refractivity contribution in [1.82, 2.24) is 0 Å². The van der Waals surface area contributed by atoms with Crippen LogP contribution in [0.1, 0.15) is 101 Å². The van der Waals surface area contributed by atoms with Gasteiger partial charge in [-0.1, -0.05) is 78.1 Å². The van der Waals surface area contributed by atoms with Crippen molar-refractivity contribution >= 4 is 74.2 Å². The van der Waals surface area contributed by atoms with E-state index in [1.165, 1.54) is 49.9 Å². The predicted octanol–water partition coefficient (Wildman–Crippen LogP) is 9.91. The van der Waals surface area contributed by atoms with Crippen molar-refractivity contribution < 1.29 is 16.8 Å². The largest absolute Gasteiger partial charge is 0.224 e. The van der Waals surface area contributed by atoms with E-state index in [9.17, 15) is 16.8 Å². The summed E-state index contributed by atoms with van der Waals surface area (Å²) in [5.74, 6) is 0.553. The smallest absolute Gasteiger partial charge is 0.180 e. The molecular weight excluding hydrogens is 664 g/mol. The SMILES string of the molecule is CCCCCCCCS(=O)(=O)c1cc(Br)sc1Br.CCCCCCCCS(=O)(=O)c1cc(C)sc1C. The maximum absolute atomic E-state index is 12.2. The van der Waals surface area contributed by atoms with Crippen molar-refractivity contribution in [3.05, 3.63) is 29.5 Å². The van der Waals surface area contributed by atoms with Crippen LogP contribution in [0.15, 0.2) is 29.5 Å². The Bertz CT molecular complexity index is 1010. The summed E-state index contributed by atoms with van der Waals surface area (Å²) >= 11 is 9.58. The fourth-order valence-electron chi connectivity index (χ4n) is 3.82. The summed E-state index contributed by atoms with van der Waals surface area (Å²) in [5.41, 5.74) is 0. The van der Waals surface area contributed by atoms with Gasteiger partial charge in [0.05, 0.1) is 28.9 Å². The predicted molar refractivity (Wildman–Crippen MR) is 164 cm³/mol. The quantitative estimate of drug-likeness (QED) is 0.163. The van der Waals surface area contributed by atoms with E-state index in [1.807, 2.05) is 19.9 Å². The van der Waals surface area contributed by atoms with Gasteiger partial charge in [-0.15, -0.1) is 22.7 Å². The van der Waals surface area contributed by atoms with Crippen LogP contribution in [0.5, 0.6) is 0 Å². The molecule has 0 aromatic carbocycles. The Morgan fingerprint density at radius 3 is 1.47 bits per heavy atom. The van der Waals surface area contributed by atoms with Crippen LogP contribution in [0.25, 0.3) is 0 Å². The van der Waals surface area contributed by atoms with E-state index >= 15 is 0 Å². The Balaban J connectivity index is 0.000000360. The Labute approximate surface area is 244 Å². The maximum Gasteiger partial charge on any atom is 0.180 e. The molecule has 36 heavy (non-hydrogen) atoms. The fourth-order valence-corrected chi connectivity index (χ4v) is 12.1. The molecule has 0 saturated heterocycles. The van der Waals surface area contributed by atoms with Gasteiger partial charge in [0, 0.05) is 9.75 Å². The van der Waals surface area contributed by atoms with E-state index in [0.717, 1.165) is 52.1 Å². The summed E-state index contributed by atoms with van der Waals surface area (Å²) in [4.78, 5) is 2.99. The molecule has 2 aromatic heterocycles. The molecule has 0 fully saturated rings. The highest BCUT2D eigenvalue weighted by Gasteiger charge is 2.20. The zero-order valence-corrected chi connectivity index (χ0v) is 28.5. The Hall–Kier alpha value is 0.260. The minimum atomic E-state index is -3.13. The molecule has 0 amide bonds. The topological polar surface area (TPSA) is 68.3 Å². The number of rotatable bonds is 16. The molecule has 2 heterocycles. The Morgan fingerprint density at radius 1 is 0.639 bits per heavy atom. The van der Waals surface area contributed by atoms with E-state index in [2.05, 4.69) is 45.7 Å². The first kappa shape index (κ1) is 34.3. The van der Waals surface area contributed by atoms with Gasteiger partial charge in [-0.05, 0) is 70.7 Å². The number of halogens is 2. The van der Waals surface area contributed by atoms with Gasteiger partial charge in [-0.3, -0.25) is 0 Å². The van der Waals surface area contributed by atoms with Crippen LogP contribution in [0.4, 0.5) is 0 Å². The molecular formula is C26H42Br2O4S4. The third-order valence-electron chi connectivity index (χ3n) is 5.82. The molecule has 0 bridgehead atoms. The highest BCUT2D eigenvalue weighted by Crippen LogP contribution is 2.35. The lowest BCUT2D eigenvalue weighted by Crippen LogP contribution is -2.07. The van der Waals surface area contributed by atoms with Crippen LogP contribution in [0.2, 0.25) is 0 Å². The first-order chi connectivity index (χ1) is 16.9. The molecule has 0 saturated carbocycles. The molecule has 0 atom stereocenters. The van der Waals surface area contributed by atoms with Crippen molar-refractivity contribution in [2.24, 2.45) is 0 Å². The number of hydrogen-bond donors (Lipinski definition) is 0. The van der Waals surface area contributed by atoms with Crippen molar-refractivity contribution in [2.75, 3.05) is 11.5 Å². The summed E-state index contributed by atoms with van der Waals surface area (Å²) in [6.07, 6.45) is 13.3. The monoisotopic (exact) mass is 704 g/mol. The molecule has 208 valence electrons. The lowest BCUT2D eigenvalue weighted by atomic mass is 10.1. The molecule has 10 heteroatoms. The fraction of sp³-hybridized carbons (Fsp3) is 0.692. The normalized spacial score (nSPS) is 11.9. The summed E-state index contributed by atoms with van der Waals surface area (Å²) in [6, 6.07) is 3.49. The van der Waals surface area contributed by atoms with Gasteiger partial charge in [0.25, 0.3) is 0 Å². The maximum atomic E-state index is 12.2. The molecule has 4 nitrogen and oxygen atoms in total. The standard InChI is InChI=1S/C14H24O2S2.C12H18Br2O2S2/c1-4-5-6-7-8-9-10-18(15,16)14-11-12(2)17-13(14)3;1-2-3-4-5-6-7-8-18(15,16)10-9-11(13)17-12(10)14/h11H,4-10H2,1-3H3;9H,2-8H2,1H3. The number of unbranched alkanes of at least 4 members (excludes halogenated alkanes) is 10. The third kappa shape index (κ3) is 12.9. The molecule has 2 rings (SSSR count). The number of aryl methyl sites for hydroxylation is 2. The number of thiophene rings is 2. The van der Waals surface area contributed by atoms with Crippen LogP contribution < -0.4 is 0 Å². The lowest BCUT2D eigenvalue weighted by molar-refractivity contribution is 0.582. The summed E-state index contributed by atoms with van der Waals surface area (Å²) < 4.78 is 50.1. The van der Waals surface area contributed by atoms with Gasteiger partial charge in [0.2, 0.25) is 0 Å². The lowest BCUT2D eigenvalue weighted by Gasteiger charge is -2.03. The van der Waals surface area contributed by atoms with Gasteiger partial charge in [0.15, 0.2) is 19.7 Å². The van der Waals surface area contributed by atoms with Crippen molar-refractivity contribution in [3.8, 4) is 0 Å². The average Bonchev–Trinajstić information content (AvgIpc) is 3.34. The molecule has 2 aromatic rings. The minimum Gasteiger partial charge on any atom is -0.224 e. The third-order valence-corrected chi connectivity index (χ3v) is 13.4. The Morgan fingerprint density at radius 2 is 1.08 bits per heavy atom. The zero-order chi connectivity index (χ0) is 27.2. The molecule has 0 radical (unpaired) electrons. The van der Waals surface area contributed by atoms with Crippen molar-refractivity contribution in [3.63, 3.8) is 0 Å². The van der Waals surface area contributed by atoms with E-state index in [1.54, 1.807) is 17.4 Å². The molecule has 0 N–H and O–H groups in total. The summed E-state index contributed by atoms with van der Waals surface area (Å²) in [6.45, 7) is 8.22. The summed E-state index contributed by atoms with van der Waals surface area (Å²) in [5, 5.41) is 0. The Kier molecular flexibility index (Phi) is 16.9. The van der Waals surface area contributed by atoms with Gasteiger partial charge in [-0.2, -0.15) is 0 Å². The van der Waals surface area contributed by atoms with E-state index in [4.69, 9.17) is 0 Å². The molecule has 0 aliphatic rings. The van der Waals surface area contributed by atoms with E-state index < -0.39 is 19.7 Å². The number of hydrogen-bond acceptors (Lipinski definition) is 6. The average molecular weight is 707 g/mol. The van der Waals surface area contributed by atoms with Crippen LogP contribution in [-0.2, 0) is 19.7 Å². The van der Waals surface area contributed by atoms with Crippen LogP contribution in [0.3, 0.4) is 0 Å². The second kappa shape index (κ2) is 17.8. The molecule has 0 aliphatic carbocycles. The van der Waals surface area contributed by atoms with Crippen molar-refractivity contribution in [2.45, 2.75) is 115 Å². The van der Waals surface area contributed by atoms with E-state index in [-0.39, 0.29) is 5.75 Å².